The smallest absolute Gasteiger partial charge is 0.277 e. The van der Waals surface area contributed by atoms with Crippen LogP contribution in [0.1, 0.15) is 19.4 Å². The van der Waals surface area contributed by atoms with Crippen molar-refractivity contribution in [2.75, 3.05) is 13.6 Å². The molecule has 18 heavy (non-hydrogen) atoms. The van der Waals surface area contributed by atoms with Crippen molar-refractivity contribution in [2.24, 2.45) is 5.92 Å². The molecule has 1 rings (SSSR count). The summed E-state index contributed by atoms with van der Waals surface area (Å²) in [5.74, 6) is 0.348. The van der Waals surface area contributed by atoms with Gasteiger partial charge in [0.15, 0.2) is 0 Å². The third kappa shape index (κ3) is 3.92. The number of rotatable bonds is 5. The molecule has 0 bridgehead atoms. The van der Waals surface area contributed by atoms with E-state index < -0.39 is 0 Å². The normalized spacial score (nSPS) is 11.9. The molecule has 1 aromatic carbocycles. The molecule has 0 saturated heterocycles. The number of hydrogen-bond acceptors (Lipinski definition) is 3. The molecule has 0 fully saturated rings. The van der Waals surface area contributed by atoms with Crippen LogP contribution in [0, 0.1) is 16.0 Å². The largest absolute Gasteiger partial charge is 0.316 e. The van der Waals surface area contributed by atoms with Crippen molar-refractivity contribution >= 4 is 27.7 Å². The van der Waals surface area contributed by atoms with Crippen LogP contribution in [-0.2, 0) is 0 Å². The number of halogens is 1. The molecular formula is C13H17BrN2O2. The number of nitrogens with zero attached hydrogens (tertiary/aromatic N) is 1. The van der Waals surface area contributed by atoms with Crippen molar-refractivity contribution in [2.45, 2.75) is 13.8 Å². The van der Waals surface area contributed by atoms with E-state index in [2.05, 4.69) is 35.1 Å². The predicted molar refractivity (Wildman–Crippen MR) is 77.5 cm³/mol. The standard InChI is InChI=1S/C13H17BrN2O2/c1-9(2)11(8-15-3)6-10-4-5-12(14)7-13(10)16(17)18/h4-7,9,15H,8H2,1-3H3/b11-6-. The van der Waals surface area contributed by atoms with Gasteiger partial charge in [0.2, 0.25) is 0 Å². The molecule has 0 saturated carbocycles. The summed E-state index contributed by atoms with van der Waals surface area (Å²) in [6.07, 6.45) is 1.89. The number of hydrogen-bond donors (Lipinski definition) is 1. The molecular weight excluding hydrogens is 296 g/mol. The molecule has 98 valence electrons. The maximum Gasteiger partial charge on any atom is 0.277 e. The van der Waals surface area contributed by atoms with E-state index in [1.807, 2.05) is 19.2 Å². The molecule has 5 heteroatoms. The summed E-state index contributed by atoms with van der Waals surface area (Å²) in [6, 6.07) is 5.11. The summed E-state index contributed by atoms with van der Waals surface area (Å²) in [6.45, 7) is 4.88. The fourth-order valence-electron chi connectivity index (χ4n) is 1.62. The fraction of sp³-hybridized carbons (Fsp3) is 0.385. The van der Waals surface area contributed by atoms with Gasteiger partial charge in [-0.1, -0.05) is 35.4 Å². The van der Waals surface area contributed by atoms with Crippen LogP contribution in [0.5, 0.6) is 0 Å². The molecule has 1 N–H and O–H groups in total. The minimum Gasteiger partial charge on any atom is -0.316 e. The monoisotopic (exact) mass is 312 g/mol. The molecule has 0 atom stereocenters. The van der Waals surface area contributed by atoms with Crippen molar-refractivity contribution in [3.8, 4) is 0 Å². The molecule has 0 aliphatic rings. The molecule has 0 aliphatic heterocycles. The number of nitrogens with one attached hydrogen (secondary N) is 1. The summed E-state index contributed by atoms with van der Waals surface area (Å²) in [5, 5.41) is 14.1. The molecule has 0 aromatic heterocycles. The van der Waals surface area contributed by atoms with Crippen LogP contribution in [0.25, 0.3) is 6.08 Å². The van der Waals surface area contributed by atoms with Crippen LogP contribution >= 0.6 is 15.9 Å². The van der Waals surface area contributed by atoms with Gasteiger partial charge in [0, 0.05) is 17.1 Å². The highest BCUT2D eigenvalue weighted by molar-refractivity contribution is 9.10. The Bertz CT molecular complexity index is 470. The maximum absolute atomic E-state index is 11.0. The summed E-state index contributed by atoms with van der Waals surface area (Å²) >= 11 is 3.25. The van der Waals surface area contributed by atoms with Crippen molar-refractivity contribution in [1.82, 2.24) is 5.32 Å². The molecule has 0 heterocycles. The van der Waals surface area contributed by atoms with E-state index in [4.69, 9.17) is 0 Å². The van der Waals surface area contributed by atoms with Gasteiger partial charge in [0.05, 0.1) is 10.5 Å². The highest BCUT2D eigenvalue weighted by Crippen LogP contribution is 2.26. The zero-order valence-corrected chi connectivity index (χ0v) is 12.3. The number of benzene rings is 1. The van der Waals surface area contributed by atoms with Gasteiger partial charge in [-0.2, -0.15) is 0 Å². The van der Waals surface area contributed by atoms with Gasteiger partial charge in [-0.15, -0.1) is 0 Å². The van der Waals surface area contributed by atoms with Crippen LogP contribution in [0.4, 0.5) is 5.69 Å². The highest BCUT2D eigenvalue weighted by atomic mass is 79.9. The van der Waals surface area contributed by atoms with Gasteiger partial charge in [-0.05, 0) is 31.2 Å². The molecule has 0 unspecified atom stereocenters. The third-order valence-electron chi connectivity index (χ3n) is 2.65. The lowest BCUT2D eigenvalue weighted by Crippen LogP contribution is -2.14. The minimum absolute atomic E-state index is 0.124. The average Bonchev–Trinajstić information content (AvgIpc) is 2.30. The van der Waals surface area contributed by atoms with E-state index in [-0.39, 0.29) is 10.6 Å². The quantitative estimate of drug-likeness (QED) is 0.667. The number of likely N-dealkylation sites (N-methyl/N-ethyl adjacent to an activating group) is 1. The van der Waals surface area contributed by atoms with Crippen molar-refractivity contribution in [3.63, 3.8) is 0 Å². The Hall–Kier alpha value is -1.20. The zero-order chi connectivity index (χ0) is 13.7. The summed E-state index contributed by atoms with van der Waals surface area (Å²) < 4.78 is 0.714. The van der Waals surface area contributed by atoms with Gasteiger partial charge in [0.1, 0.15) is 0 Å². The first-order chi connectivity index (χ1) is 8.45. The van der Waals surface area contributed by atoms with Crippen molar-refractivity contribution in [3.05, 3.63) is 43.9 Å². The minimum atomic E-state index is -0.353. The molecule has 1 aromatic rings. The van der Waals surface area contributed by atoms with Crippen LogP contribution in [-0.4, -0.2) is 18.5 Å². The Balaban J connectivity index is 3.23. The first-order valence-corrected chi connectivity index (χ1v) is 6.54. The first-order valence-electron chi connectivity index (χ1n) is 5.74. The van der Waals surface area contributed by atoms with E-state index in [0.29, 0.717) is 16.0 Å². The first kappa shape index (κ1) is 14.9. The fourth-order valence-corrected chi connectivity index (χ4v) is 1.97. The lowest BCUT2D eigenvalue weighted by molar-refractivity contribution is -0.385. The lowest BCUT2D eigenvalue weighted by Gasteiger charge is -2.11. The Labute approximate surface area is 115 Å². The molecule has 0 aliphatic carbocycles. The second-order valence-corrected chi connectivity index (χ2v) is 5.28. The Morgan fingerprint density at radius 3 is 2.72 bits per heavy atom. The second kappa shape index (κ2) is 6.66. The molecule has 0 radical (unpaired) electrons. The third-order valence-corrected chi connectivity index (χ3v) is 3.15. The Morgan fingerprint density at radius 1 is 1.56 bits per heavy atom. The second-order valence-electron chi connectivity index (χ2n) is 4.36. The zero-order valence-electron chi connectivity index (χ0n) is 10.7. The van der Waals surface area contributed by atoms with Gasteiger partial charge in [-0.3, -0.25) is 10.1 Å². The maximum atomic E-state index is 11.0. The van der Waals surface area contributed by atoms with E-state index >= 15 is 0 Å². The SMILES string of the molecule is CNC/C(=C/c1ccc(Br)cc1[N+](=O)[O-])C(C)C. The van der Waals surface area contributed by atoms with E-state index in [1.54, 1.807) is 6.07 Å². The summed E-state index contributed by atoms with van der Waals surface area (Å²) in [5.41, 5.74) is 1.91. The average molecular weight is 313 g/mol. The van der Waals surface area contributed by atoms with Crippen LogP contribution in [0.15, 0.2) is 28.2 Å². The predicted octanol–water partition coefficient (Wildman–Crippen LogP) is 3.62. The summed E-state index contributed by atoms with van der Waals surface area (Å²) in [4.78, 5) is 10.7. The van der Waals surface area contributed by atoms with Gasteiger partial charge >= 0.3 is 0 Å². The Kier molecular flexibility index (Phi) is 5.50. The molecule has 0 spiro atoms. The van der Waals surface area contributed by atoms with E-state index in [0.717, 1.165) is 12.1 Å². The lowest BCUT2D eigenvalue weighted by atomic mass is 9.99. The van der Waals surface area contributed by atoms with Crippen LogP contribution in [0.2, 0.25) is 0 Å². The molecule has 0 amide bonds. The van der Waals surface area contributed by atoms with Gasteiger partial charge < -0.3 is 5.32 Å². The van der Waals surface area contributed by atoms with E-state index in [1.165, 1.54) is 6.07 Å². The number of nitro groups is 1. The number of nitro benzene ring substituents is 1. The van der Waals surface area contributed by atoms with Crippen molar-refractivity contribution < 1.29 is 4.92 Å². The molecule has 4 nitrogen and oxygen atoms in total. The van der Waals surface area contributed by atoms with Crippen molar-refractivity contribution in [1.29, 1.82) is 0 Å². The summed E-state index contributed by atoms with van der Waals surface area (Å²) in [7, 11) is 1.87. The highest BCUT2D eigenvalue weighted by Gasteiger charge is 2.13. The van der Waals surface area contributed by atoms with Crippen LogP contribution in [0.3, 0.4) is 0 Å². The van der Waals surface area contributed by atoms with Gasteiger partial charge in [0.25, 0.3) is 5.69 Å². The van der Waals surface area contributed by atoms with Crippen LogP contribution < -0.4 is 5.32 Å². The van der Waals surface area contributed by atoms with E-state index in [9.17, 15) is 10.1 Å². The van der Waals surface area contributed by atoms with Gasteiger partial charge in [-0.25, -0.2) is 0 Å². The topological polar surface area (TPSA) is 55.2 Å². The Morgan fingerprint density at radius 2 is 2.22 bits per heavy atom.